The van der Waals surface area contributed by atoms with Crippen LogP contribution in [0.25, 0.3) is 0 Å². The van der Waals surface area contributed by atoms with Crippen molar-refractivity contribution < 1.29 is 22.8 Å². The van der Waals surface area contributed by atoms with Crippen molar-refractivity contribution >= 4 is 17.5 Å². The molecule has 132 valence electrons. The van der Waals surface area contributed by atoms with Gasteiger partial charge in [-0.25, -0.2) is 13.2 Å². The van der Waals surface area contributed by atoms with Crippen LogP contribution < -0.4 is 10.6 Å². The molecule has 2 N–H and O–H groups in total. The van der Waals surface area contributed by atoms with Crippen LogP contribution in [0.5, 0.6) is 0 Å². The number of hydrogen-bond donors (Lipinski definition) is 2. The number of carbonyl (C=O) groups excluding carboxylic acids is 2. The molecule has 0 aliphatic carbocycles. The van der Waals surface area contributed by atoms with Gasteiger partial charge in [0.05, 0.1) is 18.8 Å². The quantitative estimate of drug-likeness (QED) is 0.760. The summed E-state index contributed by atoms with van der Waals surface area (Å²) in [5.41, 5.74) is -0.479. The number of amides is 2. The van der Waals surface area contributed by atoms with Gasteiger partial charge in [0.2, 0.25) is 11.8 Å². The highest BCUT2D eigenvalue weighted by atomic mass is 19.2. The number of anilines is 1. The van der Waals surface area contributed by atoms with Crippen LogP contribution in [-0.4, -0.2) is 67.9 Å². The maximum absolute atomic E-state index is 13.4. The second kappa shape index (κ2) is 8.11. The zero-order valence-electron chi connectivity index (χ0n) is 13.2. The summed E-state index contributed by atoms with van der Waals surface area (Å²) in [6, 6.07) is 1.62. The van der Waals surface area contributed by atoms with Crippen LogP contribution in [0, 0.1) is 17.5 Å². The van der Waals surface area contributed by atoms with Crippen molar-refractivity contribution in [2.45, 2.75) is 0 Å². The minimum atomic E-state index is -1.66. The van der Waals surface area contributed by atoms with E-state index >= 15 is 0 Å². The number of rotatable bonds is 5. The molecule has 1 aliphatic rings. The van der Waals surface area contributed by atoms with Crippen molar-refractivity contribution in [3.63, 3.8) is 0 Å². The first kappa shape index (κ1) is 18.2. The number of nitrogens with one attached hydrogen (secondary N) is 2. The van der Waals surface area contributed by atoms with Crippen LogP contribution in [0.1, 0.15) is 0 Å². The largest absolute Gasteiger partial charge is 0.346 e. The Morgan fingerprint density at radius 1 is 1.04 bits per heavy atom. The molecule has 6 nitrogen and oxygen atoms in total. The highest BCUT2D eigenvalue weighted by molar-refractivity contribution is 5.94. The standard InChI is InChI=1S/C15H19F3N4O2/c1-21-4-6-22(7-5-21)9-13(24)19-8-12(23)20-11-3-2-10(16)14(17)15(11)18/h2-3H,4-9H2,1H3,(H,19,24)(H,20,23). The first-order valence-corrected chi connectivity index (χ1v) is 7.47. The van der Waals surface area contributed by atoms with Gasteiger partial charge in [-0.1, -0.05) is 0 Å². The third-order valence-corrected chi connectivity index (χ3v) is 3.72. The lowest BCUT2D eigenvalue weighted by molar-refractivity contribution is -0.125. The zero-order chi connectivity index (χ0) is 17.7. The maximum atomic E-state index is 13.4. The summed E-state index contributed by atoms with van der Waals surface area (Å²) in [6.07, 6.45) is 0. The van der Waals surface area contributed by atoms with Gasteiger partial charge in [-0.3, -0.25) is 14.5 Å². The Bertz CT molecular complexity index is 619. The molecule has 0 bridgehead atoms. The van der Waals surface area contributed by atoms with Crippen molar-refractivity contribution in [2.24, 2.45) is 0 Å². The Hall–Kier alpha value is -2.13. The minimum Gasteiger partial charge on any atom is -0.346 e. The molecule has 9 heteroatoms. The molecule has 24 heavy (non-hydrogen) atoms. The van der Waals surface area contributed by atoms with E-state index in [1.807, 2.05) is 11.9 Å². The van der Waals surface area contributed by atoms with Crippen molar-refractivity contribution in [1.82, 2.24) is 15.1 Å². The Morgan fingerprint density at radius 2 is 1.71 bits per heavy atom. The molecule has 1 aromatic carbocycles. The first-order valence-electron chi connectivity index (χ1n) is 7.47. The van der Waals surface area contributed by atoms with Gasteiger partial charge < -0.3 is 15.5 Å². The van der Waals surface area contributed by atoms with Gasteiger partial charge in [0.1, 0.15) is 0 Å². The molecule has 1 aromatic rings. The van der Waals surface area contributed by atoms with E-state index in [0.29, 0.717) is 6.07 Å². The van der Waals surface area contributed by atoms with Crippen LogP contribution in [0.4, 0.5) is 18.9 Å². The van der Waals surface area contributed by atoms with E-state index in [0.717, 1.165) is 32.2 Å². The van der Waals surface area contributed by atoms with Crippen molar-refractivity contribution in [1.29, 1.82) is 0 Å². The summed E-state index contributed by atoms with van der Waals surface area (Å²) in [7, 11) is 2.00. The van der Waals surface area contributed by atoms with Gasteiger partial charge >= 0.3 is 0 Å². The molecule has 1 fully saturated rings. The fraction of sp³-hybridized carbons (Fsp3) is 0.467. The molecular formula is C15H19F3N4O2. The molecule has 1 saturated heterocycles. The lowest BCUT2D eigenvalue weighted by atomic mass is 10.2. The van der Waals surface area contributed by atoms with Crippen LogP contribution in [0.15, 0.2) is 12.1 Å². The fourth-order valence-electron chi connectivity index (χ4n) is 2.26. The molecule has 1 aliphatic heterocycles. The van der Waals surface area contributed by atoms with E-state index in [1.54, 1.807) is 0 Å². The molecule has 2 rings (SSSR count). The second-order valence-electron chi connectivity index (χ2n) is 5.63. The third kappa shape index (κ3) is 4.93. The highest BCUT2D eigenvalue weighted by Crippen LogP contribution is 2.19. The summed E-state index contributed by atoms with van der Waals surface area (Å²) in [6.45, 7) is 3.03. The van der Waals surface area contributed by atoms with E-state index in [9.17, 15) is 22.8 Å². The maximum Gasteiger partial charge on any atom is 0.243 e. The van der Waals surface area contributed by atoms with Gasteiger partial charge in [0, 0.05) is 26.2 Å². The predicted octanol–water partition coefficient (Wildman–Crippen LogP) is 0.406. The van der Waals surface area contributed by atoms with E-state index in [2.05, 4.69) is 15.5 Å². The van der Waals surface area contributed by atoms with Crippen molar-refractivity contribution in [3.05, 3.63) is 29.6 Å². The van der Waals surface area contributed by atoms with Crippen LogP contribution >= 0.6 is 0 Å². The Labute approximate surface area is 137 Å². The Balaban J connectivity index is 1.77. The van der Waals surface area contributed by atoms with Crippen LogP contribution in [0.2, 0.25) is 0 Å². The van der Waals surface area contributed by atoms with Crippen molar-refractivity contribution in [2.75, 3.05) is 51.6 Å². The number of benzene rings is 1. The second-order valence-corrected chi connectivity index (χ2v) is 5.63. The van der Waals surface area contributed by atoms with Crippen LogP contribution in [0.3, 0.4) is 0 Å². The van der Waals surface area contributed by atoms with Gasteiger partial charge in [0.25, 0.3) is 0 Å². The lowest BCUT2D eigenvalue weighted by Gasteiger charge is -2.31. The molecule has 0 spiro atoms. The number of piperazine rings is 1. The number of hydrogen-bond acceptors (Lipinski definition) is 4. The van der Waals surface area contributed by atoms with E-state index < -0.39 is 29.0 Å². The Kier molecular flexibility index (Phi) is 6.16. The molecule has 1 heterocycles. The topological polar surface area (TPSA) is 64.7 Å². The summed E-state index contributed by atoms with van der Waals surface area (Å²) in [5, 5.41) is 4.50. The first-order chi connectivity index (χ1) is 11.4. The summed E-state index contributed by atoms with van der Waals surface area (Å²) >= 11 is 0. The minimum absolute atomic E-state index is 0.167. The molecule has 0 aromatic heterocycles. The average Bonchev–Trinajstić information content (AvgIpc) is 2.56. The average molecular weight is 344 g/mol. The van der Waals surface area contributed by atoms with E-state index in [1.165, 1.54) is 0 Å². The predicted molar refractivity (Wildman–Crippen MR) is 81.9 cm³/mol. The smallest absolute Gasteiger partial charge is 0.243 e. The molecule has 0 unspecified atom stereocenters. The SMILES string of the molecule is CN1CCN(CC(=O)NCC(=O)Nc2ccc(F)c(F)c2F)CC1. The van der Waals surface area contributed by atoms with Crippen molar-refractivity contribution in [3.8, 4) is 0 Å². The third-order valence-electron chi connectivity index (χ3n) is 3.72. The fourth-order valence-corrected chi connectivity index (χ4v) is 2.26. The molecule has 2 amide bonds. The van der Waals surface area contributed by atoms with Gasteiger partial charge in [-0.05, 0) is 19.2 Å². The summed E-state index contributed by atoms with van der Waals surface area (Å²) in [5.74, 6) is -5.54. The van der Waals surface area contributed by atoms with E-state index in [4.69, 9.17) is 0 Å². The van der Waals surface area contributed by atoms with E-state index in [-0.39, 0.29) is 19.0 Å². The number of nitrogens with zero attached hydrogens (tertiary/aromatic N) is 2. The Morgan fingerprint density at radius 3 is 2.38 bits per heavy atom. The normalized spacial score (nSPS) is 16.0. The van der Waals surface area contributed by atoms with Gasteiger partial charge in [0.15, 0.2) is 17.5 Å². The number of likely N-dealkylation sites (N-methyl/N-ethyl adjacent to an activating group) is 1. The zero-order valence-corrected chi connectivity index (χ0v) is 13.2. The number of carbonyl (C=O) groups is 2. The monoisotopic (exact) mass is 344 g/mol. The molecule has 0 radical (unpaired) electrons. The van der Waals surface area contributed by atoms with Crippen LogP contribution in [-0.2, 0) is 9.59 Å². The lowest BCUT2D eigenvalue weighted by Crippen LogP contribution is -2.48. The number of halogens is 3. The van der Waals surface area contributed by atoms with Gasteiger partial charge in [-0.2, -0.15) is 0 Å². The highest BCUT2D eigenvalue weighted by Gasteiger charge is 2.18. The van der Waals surface area contributed by atoms with Gasteiger partial charge in [-0.15, -0.1) is 0 Å². The summed E-state index contributed by atoms with van der Waals surface area (Å²) in [4.78, 5) is 27.6. The molecular weight excluding hydrogens is 325 g/mol. The summed E-state index contributed by atoms with van der Waals surface area (Å²) < 4.78 is 39.3. The molecule has 0 saturated carbocycles. The molecule has 0 atom stereocenters.